The van der Waals surface area contributed by atoms with Crippen molar-refractivity contribution in [2.24, 2.45) is 5.92 Å². The van der Waals surface area contributed by atoms with Crippen LogP contribution in [0.3, 0.4) is 0 Å². The Kier molecular flexibility index (Phi) is 6.57. The molecule has 1 aromatic rings. The van der Waals surface area contributed by atoms with E-state index in [9.17, 15) is 19.5 Å². The first-order valence-electron chi connectivity index (χ1n) is 10.5. The van der Waals surface area contributed by atoms with Gasteiger partial charge in [0.2, 0.25) is 11.8 Å². The molecule has 0 radical (unpaired) electrons. The fourth-order valence-electron chi connectivity index (χ4n) is 4.42. The van der Waals surface area contributed by atoms with Crippen LogP contribution in [0.25, 0.3) is 0 Å². The molecule has 2 fully saturated rings. The second-order valence-corrected chi connectivity index (χ2v) is 8.46. The van der Waals surface area contributed by atoms with Crippen LogP contribution in [0.4, 0.5) is 0 Å². The standard InChI is InChI=1S/C22H31N3O4/c1-15(2)18(20(27)28)24-21(29)22(16-7-4-3-5-8-16)10-13-25(14-11-22)19(26)17-9-6-12-23-17/h3-5,7-8,15,17-18,23H,6,9-14H2,1-2H3,(H,24,29)(H,27,28). The number of hydrogen-bond donors (Lipinski definition) is 3. The highest BCUT2D eigenvalue weighted by molar-refractivity contribution is 5.92. The van der Waals surface area contributed by atoms with Gasteiger partial charge in [-0.1, -0.05) is 44.2 Å². The molecule has 158 valence electrons. The second kappa shape index (κ2) is 8.95. The number of aliphatic carboxylic acids is 1. The summed E-state index contributed by atoms with van der Waals surface area (Å²) in [5, 5.41) is 15.5. The summed E-state index contributed by atoms with van der Waals surface area (Å²) >= 11 is 0. The summed E-state index contributed by atoms with van der Waals surface area (Å²) in [7, 11) is 0. The number of benzene rings is 1. The normalized spacial score (nSPS) is 22.3. The van der Waals surface area contributed by atoms with E-state index in [1.165, 1.54) is 0 Å². The molecule has 2 unspecified atom stereocenters. The lowest BCUT2D eigenvalue weighted by atomic mass is 9.71. The Morgan fingerprint density at radius 3 is 2.34 bits per heavy atom. The number of piperidine rings is 1. The SMILES string of the molecule is CC(C)C(NC(=O)C1(c2ccccc2)CCN(C(=O)C2CCCN2)CC1)C(=O)O. The molecule has 2 amide bonds. The Morgan fingerprint density at radius 1 is 1.17 bits per heavy atom. The van der Waals surface area contributed by atoms with E-state index >= 15 is 0 Å². The maximum Gasteiger partial charge on any atom is 0.326 e. The van der Waals surface area contributed by atoms with E-state index in [2.05, 4.69) is 10.6 Å². The molecule has 0 aromatic heterocycles. The molecule has 0 aliphatic carbocycles. The van der Waals surface area contributed by atoms with Gasteiger partial charge in [0.1, 0.15) is 6.04 Å². The lowest BCUT2D eigenvalue weighted by molar-refractivity contribution is -0.145. The van der Waals surface area contributed by atoms with Gasteiger partial charge in [0.25, 0.3) is 0 Å². The molecular weight excluding hydrogens is 370 g/mol. The van der Waals surface area contributed by atoms with E-state index in [4.69, 9.17) is 0 Å². The van der Waals surface area contributed by atoms with Gasteiger partial charge in [-0.15, -0.1) is 0 Å². The van der Waals surface area contributed by atoms with E-state index in [1.807, 2.05) is 35.2 Å². The van der Waals surface area contributed by atoms with Crippen LogP contribution in [-0.4, -0.2) is 59.5 Å². The first kappa shape index (κ1) is 21.3. The molecule has 1 aromatic carbocycles. The van der Waals surface area contributed by atoms with Crippen LogP contribution < -0.4 is 10.6 Å². The summed E-state index contributed by atoms with van der Waals surface area (Å²) in [6.45, 7) is 5.40. The number of amides is 2. The van der Waals surface area contributed by atoms with Gasteiger partial charge in [0, 0.05) is 13.1 Å². The van der Waals surface area contributed by atoms with E-state index in [0.29, 0.717) is 25.9 Å². The Hall–Kier alpha value is -2.41. The molecule has 7 heteroatoms. The Balaban J connectivity index is 1.80. The van der Waals surface area contributed by atoms with E-state index in [1.54, 1.807) is 13.8 Å². The molecule has 3 rings (SSSR count). The van der Waals surface area contributed by atoms with Crippen molar-refractivity contribution in [2.75, 3.05) is 19.6 Å². The summed E-state index contributed by atoms with van der Waals surface area (Å²) in [6, 6.07) is 8.45. The van der Waals surface area contributed by atoms with Gasteiger partial charge in [-0.25, -0.2) is 4.79 Å². The fourth-order valence-corrected chi connectivity index (χ4v) is 4.42. The maximum absolute atomic E-state index is 13.4. The highest BCUT2D eigenvalue weighted by Gasteiger charge is 2.45. The van der Waals surface area contributed by atoms with Crippen molar-refractivity contribution in [2.45, 2.75) is 57.0 Å². The Labute approximate surface area is 171 Å². The van der Waals surface area contributed by atoms with Crippen LogP contribution >= 0.6 is 0 Å². The van der Waals surface area contributed by atoms with Crippen LogP contribution in [-0.2, 0) is 19.8 Å². The molecular formula is C22H31N3O4. The third-order valence-electron chi connectivity index (χ3n) is 6.27. The predicted molar refractivity (Wildman–Crippen MR) is 109 cm³/mol. The molecule has 2 saturated heterocycles. The number of carboxylic acid groups (broad SMARTS) is 1. The van der Waals surface area contributed by atoms with Crippen molar-refractivity contribution in [1.82, 2.24) is 15.5 Å². The van der Waals surface area contributed by atoms with E-state index in [-0.39, 0.29) is 23.8 Å². The first-order chi connectivity index (χ1) is 13.8. The smallest absolute Gasteiger partial charge is 0.326 e. The molecule has 29 heavy (non-hydrogen) atoms. The third-order valence-corrected chi connectivity index (χ3v) is 6.27. The third kappa shape index (κ3) is 4.45. The second-order valence-electron chi connectivity index (χ2n) is 8.46. The Bertz CT molecular complexity index is 736. The zero-order valence-corrected chi connectivity index (χ0v) is 17.2. The molecule has 0 spiro atoms. The van der Waals surface area contributed by atoms with Gasteiger partial charge in [0.15, 0.2) is 0 Å². The number of nitrogens with zero attached hydrogens (tertiary/aromatic N) is 1. The molecule has 7 nitrogen and oxygen atoms in total. The summed E-state index contributed by atoms with van der Waals surface area (Å²) in [4.78, 5) is 39.6. The molecule has 0 bridgehead atoms. The lowest BCUT2D eigenvalue weighted by Gasteiger charge is -2.42. The van der Waals surface area contributed by atoms with Crippen LogP contribution in [0.5, 0.6) is 0 Å². The number of carbonyl (C=O) groups is 3. The summed E-state index contributed by atoms with van der Waals surface area (Å²) in [5.74, 6) is -1.41. The van der Waals surface area contributed by atoms with Crippen molar-refractivity contribution in [3.05, 3.63) is 35.9 Å². The summed E-state index contributed by atoms with van der Waals surface area (Å²) < 4.78 is 0. The quantitative estimate of drug-likeness (QED) is 0.671. The van der Waals surface area contributed by atoms with Gasteiger partial charge in [-0.3, -0.25) is 9.59 Å². The van der Waals surface area contributed by atoms with Crippen molar-refractivity contribution >= 4 is 17.8 Å². The fraction of sp³-hybridized carbons (Fsp3) is 0.591. The minimum absolute atomic E-state index is 0.107. The van der Waals surface area contributed by atoms with Gasteiger partial charge < -0.3 is 20.6 Å². The Morgan fingerprint density at radius 2 is 1.83 bits per heavy atom. The first-order valence-corrected chi connectivity index (χ1v) is 10.5. The molecule has 3 N–H and O–H groups in total. The zero-order chi connectivity index (χ0) is 21.0. The van der Waals surface area contributed by atoms with Crippen molar-refractivity contribution < 1.29 is 19.5 Å². The maximum atomic E-state index is 13.4. The zero-order valence-electron chi connectivity index (χ0n) is 17.2. The highest BCUT2D eigenvalue weighted by atomic mass is 16.4. The number of carbonyl (C=O) groups excluding carboxylic acids is 2. The van der Waals surface area contributed by atoms with E-state index in [0.717, 1.165) is 24.9 Å². The molecule has 2 aliphatic rings. The molecule has 0 saturated carbocycles. The highest BCUT2D eigenvalue weighted by Crippen LogP contribution is 2.36. The topological polar surface area (TPSA) is 98.7 Å². The minimum atomic E-state index is -1.03. The summed E-state index contributed by atoms with van der Waals surface area (Å²) in [6.07, 6.45) is 2.82. The number of carboxylic acids is 1. The average Bonchev–Trinajstić information content (AvgIpc) is 3.26. The lowest BCUT2D eigenvalue weighted by Crippen LogP contribution is -2.57. The minimum Gasteiger partial charge on any atom is -0.480 e. The van der Waals surface area contributed by atoms with Crippen LogP contribution in [0, 0.1) is 5.92 Å². The number of nitrogens with one attached hydrogen (secondary N) is 2. The number of likely N-dealkylation sites (tertiary alicyclic amines) is 1. The molecule has 2 heterocycles. The number of rotatable bonds is 6. The van der Waals surface area contributed by atoms with E-state index < -0.39 is 17.4 Å². The van der Waals surface area contributed by atoms with Gasteiger partial charge >= 0.3 is 5.97 Å². The van der Waals surface area contributed by atoms with Crippen LogP contribution in [0.2, 0.25) is 0 Å². The predicted octanol–water partition coefficient (Wildman–Crippen LogP) is 1.52. The van der Waals surface area contributed by atoms with Gasteiger partial charge in [-0.2, -0.15) is 0 Å². The van der Waals surface area contributed by atoms with Crippen LogP contribution in [0.1, 0.15) is 45.1 Å². The van der Waals surface area contributed by atoms with Crippen LogP contribution in [0.15, 0.2) is 30.3 Å². The average molecular weight is 402 g/mol. The van der Waals surface area contributed by atoms with Gasteiger partial charge in [-0.05, 0) is 43.7 Å². The monoisotopic (exact) mass is 401 g/mol. The van der Waals surface area contributed by atoms with Gasteiger partial charge in [0.05, 0.1) is 11.5 Å². The largest absolute Gasteiger partial charge is 0.480 e. The number of hydrogen-bond acceptors (Lipinski definition) is 4. The van der Waals surface area contributed by atoms with Crippen molar-refractivity contribution in [3.8, 4) is 0 Å². The summed E-state index contributed by atoms with van der Waals surface area (Å²) in [5.41, 5.74) is 0.0421. The molecule has 2 aliphatic heterocycles. The van der Waals surface area contributed by atoms with Crippen molar-refractivity contribution in [1.29, 1.82) is 0 Å². The van der Waals surface area contributed by atoms with Crippen molar-refractivity contribution in [3.63, 3.8) is 0 Å². The molecule has 2 atom stereocenters.